The quantitative estimate of drug-likeness (QED) is 0.546. The normalized spacial score (nSPS) is 16.3. The van der Waals surface area contributed by atoms with Gasteiger partial charge in [-0.1, -0.05) is 40.2 Å². The molecule has 4 N–H and O–H groups in total. The summed E-state index contributed by atoms with van der Waals surface area (Å²) in [7, 11) is 0. The number of aromatic nitrogens is 2. The molecule has 0 fully saturated rings. The minimum absolute atomic E-state index is 0.112. The third-order valence-electron chi connectivity index (χ3n) is 4.72. The lowest BCUT2D eigenvalue weighted by Gasteiger charge is -2.24. The van der Waals surface area contributed by atoms with Crippen molar-refractivity contribution in [3.8, 4) is 11.6 Å². The second kappa shape index (κ2) is 6.83. The average Bonchev–Trinajstić information content (AvgIpc) is 2.63. The van der Waals surface area contributed by atoms with Gasteiger partial charge in [0.15, 0.2) is 4.77 Å². The van der Waals surface area contributed by atoms with Crippen LogP contribution in [0.25, 0.3) is 5.69 Å². The Bertz CT molecular complexity index is 1090. The molecule has 0 amide bonds. The summed E-state index contributed by atoms with van der Waals surface area (Å²) in [6, 6.07) is 15.2. The predicted octanol–water partition coefficient (Wildman–Crippen LogP) is 2.57. The van der Waals surface area contributed by atoms with E-state index >= 15 is 0 Å². The standard InChI is InChI=1S/C19H16BrN3O2S/c20-12-5-7-13(8-6-12)23-18(25)15(17(24)22-19(23)26)16-14-4-2-1-3-11(14)9-10-21-16/h1-8,16,21,25H,9-10H2,(H,22,24,26)/p+1/t16-/m0/s1. The van der Waals surface area contributed by atoms with Crippen LogP contribution in [0.1, 0.15) is 22.7 Å². The van der Waals surface area contributed by atoms with Crippen molar-refractivity contribution in [3.63, 3.8) is 0 Å². The van der Waals surface area contributed by atoms with Gasteiger partial charge >= 0.3 is 0 Å². The summed E-state index contributed by atoms with van der Waals surface area (Å²) in [5, 5.41) is 13.1. The molecule has 5 nitrogen and oxygen atoms in total. The Balaban J connectivity index is 1.94. The number of quaternary nitrogens is 1. The minimum atomic E-state index is -0.348. The van der Waals surface area contributed by atoms with Crippen molar-refractivity contribution in [1.29, 1.82) is 0 Å². The molecule has 132 valence electrons. The number of hydrogen-bond acceptors (Lipinski definition) is 3. The molecular weight excluding hydrogens is 414 g/mol. The van der Waals surface area contributed by atoms with Crippen molar-refractivity contribution in [2.24, 2.45) is 0 Å². The Morgan fingerprint density at radius 3 is 2.69 bits per heavy atom. The van der Waals surface area contributed by atoms with Gasteiger partial charge in [-0.2, -0.15) is 0 Å². The molecule has 0 aliphatic carbocycles. The van der Waals surface area contributed by atoms with Crippen LogP contribution in [0.5, 0.6) is 5.88 Å². The van der Waals surface area contributed by atoms with Crippen LogP contribution in [0.3, 0.4) is 0 Å². The Labute approximate surface area is 163 Å². The molecular formula is C19H17BrN3O2S+. The number of nitrogens with one attached hydrogen (secondary N) is 1. The summed E-state index contributed by atoms with van der Waals surface area (Å²) in [5.41, 5.74) is 2.93. The fourth-order valence-corrected chi connectivity index (χ4v) is 4.07. The predicted molar refractivity (Wildman–Crippen MR) is 105 cm³/mol. The summed E-state index contributed by atoms with van der Waals surface area (Å²) < 4.78 is 2.60. The lowest BCUT2D eigenvalue weighted by molar-refractivity contribution is -0.690. The Hall–Kier alpha value is -2.22. The number of nitrogens with zero attached hydrogens (tertiary/aromatic N) is 1. The number of nitrogens with two attached hydrogens (primary N) is 1. The molecule has 1 aliphatic rings. The fourth-order valence-electron chi connectivity index (χ4n) is 3.52. The van der Waals surface area contributed by atoms with Crippen LogP contribution in [-0.4, -0.2) is 21.2 Å². The number of halogens is 1. The lowest BCUT2D eigenvalue weighted by Crippen LogP contribution is -2.87. The molecule has 0 unspecified atom stereocenters. The van der Waals surface area contributed by atoms with Crippen molar-refractivity contribution in [2.45, 2.75) is 12.5 Å². The molecule has 0 saturated heterocycles. The third kappa shape index (κ3) is 2.92. The van der Waals surface area contributed by atoms with E-state index in [2.05, 4.69) is 32.3 Å². The third-order valence-corrected chi connectivity index (χ3v) is 5.54. The van der Waals surface area contributed by atoms with E-state index in [9.17, 15) is 9.90 Å². The van der Waals surface area contributed by atoms with Crippen LogP contribution in [-0.2, 0) is 6.42 Å². The second-order valence-electron chi connectivity index (χ2n) is 6.26. The van der Waals surface area contributed by atoms with Gasteiger partial charge in [0.05, 0.1) is 12.2 Å². The fraction of sp³-hybridized carbons (Fsp3) is 0.158. The van der Waals surface area contributed by atoms with Gasteiger partial charge in [-0.15, -0.1) is 0 Å². The molecule has 2 aromatic carbocycles. The molecule has 26 heavy (non-hydrogen) atoms. The van der Waals surface area contributed by atoms with Crippen molar-refractivity contribution < 1.29 is 10.4 Å². The van der Waals surface area contributed by atoms with E-state index in [1.54, 1.807) is 0 Å². The molecule has 0 radical (unpaired) electrons. The van der Waals surface area contributed by atoms with E-state index < -0.39 is 0 Å². The second-order valence-corrected chi connectivity index (χ2v) is 7.56. The monoisotopic (exact) mass is 430 g/mol. The first-order valence-electron chi connectivity index (χ1n) is 8.31. The number of H-pyrrole nitrogens is 1. The van der Waals surface area contributed by atoms with Crippen LogP contribution in [0.4, 0.5) is 0 Å². The molecule has 0 bridgehead atoms. The maximum atomic E-state index is 12.7. The van der Waals surface area contributed by atoms with E-state index in [1.807, 2.05) is 42.5 Å². The molecule has 7 heteroatoms. The summed E-state index contributed by atoms with van der Waals surface area (Å²) in [6.07, 6.45) is 0.942. The number of benzene rings is 2. The highest BCUT2D eigenvalue weighted by molar-refractivity contribution is 9.10. The largest absolute Gasteiger partial charge is 0.494 e. The highest BCUT2D eigenvalue weighted by Gasteiger charge is 2.31. The lowest BCUT2D eigenvalue weighted by atomic mass is 9.90. The maximum absolute atomic E-state index is 12.7. The van der Waals surface area contributed by atoms with Gasteiger partial charge in [-0.3, -0.25) is 14.3 Å². The molecule has 2 heterocycles. The van der Waals surface area contributed by atoms with E-state index in [0.29, 0.717) is 11.3 Å². The first-order valence-corrected chi connectivity index (χ1v) is 9.51. The smallest absolute Gasteiger partial charge is 0.265 e. The van der Waals surface area contributed by atoms with Gasteiger partial charge in [0, 0.05) is 16.5 Å². The SMILES string of the molecule is O=c1[nH]c(=S)n(-c2ccc(Br)cc2)c(O)c1[C@H]1[NH2+]CCc2ccccc21. The highest BCUT2D eigenvalue weighted by atomic mass is 79.9. The van der Waals surface area contributed by atoms with Gasteiger partial charge in [0.1, 0.15) is 11.6 Å². The van der Waals surface area contributed by atoms with Crippen molar-refractivity contribution in [1.82, 2.24) is 9.55 Å². The minimum Gasteiger partial charge on any atom is -0.494 e. The number of aromatic amines is 1. The molecule has 3 aromatic rings. The van der Waals surface area contributed by atoms with Crippen LogP contribution in [0.15, 0.2) is 57.8 Å². The van der Waals surface area contributed by atoms with Crippen molar-refractivity contribution >= 4 is 28.1 Å². The van der Waals surface area contributed by atoms with E-state index in [1.165, 1.54) is 10.1 Å². The van der Waals surface area contributed by atoms with Crippen molar-refractivity contribution in [3.05, 3.63) is 84.8 Å². The average molecular weight is 431 g/mol. The zero-order valence-electron chi connectivity index (χ0n) is 13.8. The molecule has 1 aromatic heterocycles. The van der Waals surface area contributed by atoms with Crippen LogP contribution in [0, 0.1) is 4.77 Å². The van der Waals surface area contributed by atoms with Gasteiger partial charge in [-0.05, 0) is 42.0 Å². The summed E-state index contributed by atoms with van der Waals surface area (Å²) in [5.74, 6) is -0.112. The maximum Gasteiger partial charge on any atom is 0.265 e. The van der Waals surface area contributed by atoms with Gasteiger partial charge in [-0.25, -0.2) is 0 Å². The molecule has 1 atom stereocenters. The van der Waals surface area contributed by atoms with E-state index in [4.69, 9.17) is 12.2 Å². The number of fused-ring (bicyclic) bond motifs is 1. The molecule has 4 rings (SSSR count). The van der Waals surface area contributed by atoms with Crippen LogP contribution >= 0.6 is 28.1 Å². The van der Waals surface area contributed by atoms with E-state index in [-0.39, 0.29) is 22.3 Å². The zero-order chi connectivity index (χ0) is 18.3. The highest BCUT2D eigenvalue weighted by Crippen LogP contribution is 2.29. The summed E-state index contributed by atoms with van der Waals surface area (Å²) in [6.45, 7) is 0.856. The van der Waals surface area contributed by atoms with Crippen LogP contribution < -0.4 is 10.9 Å². The van der Waals surface area contributed by atoms with Crippen LogP contribution in [0.2, 0.25) is 0 Å². The molecule has 0 saturated carbocycles. The van der Waals surface area contributed by atoms with Gasteiger partial charge < -0.3 is 10.4 Å². The van der Waals surface area contributed by atoms with Crippen molar-refractivity contribution in [2.75, 3.05) is 6.54 Å². The Morgan fingerprint density at radius 2 is 1.92 bits per heavy atom. The Kier molecular flexibility index (Phi) is 4.52. The van der Waals surface area contributed by atoms with Gasteiger partial charge in [0.2, 0.25) is 5.88 Å². The topological polar surface area (TPSA) is 74.6 Å². The summed E-state index contributed by atoms with van der Waals surface area (Å²) in [4.78, 5) is 15.4. The van der Waals surface area contributed by atoms with Gasteiger partial charge in [0.25, 0.3) is 5.56 Å². The first-order chi connectivity index (χ1) is 12.6. The van der Waals surface area contributed by atoms with E-state index in [0.717, 1.165) is 23.0 Å². The number of rotatable bonds is 2. The molecule has 0 spiro atoms. The Morgan fingerprint density at radius 1 is 1.19 bits per heavy atom. The molecule has 1 aliphatic heterocycles. The first kappa shape index (κ1) is 17.2. The number of aromatic hydroxyl groups is 1. The number of hydrogen-bond donors (Lipinski definition) is 3. The summed E-state index contributed by atoms with van der Waals surface area (Å²) >= 11 is 8.71. The zero-order valence-corrected chi connectivity index (χ0v) is 16.2.